The standard InChI is InChI=1S/C14H24N6S/c1-18(2)8-4-7-17-14(21)20-11-9-19(10-12-20)13-15-5-3-6-16-13/h3,5-6H,4,7-12H2,1-2H3,(H,17,21)/p+1. The lowest BCUT2D eigenvalue weighted by Crippen LogP contribution is -3.05. The first-order valence-electron chi connectivity index (χ1n) is 7.50. The highest BCUT2D eigenvalue weighted by atomic mass is 32.1. The predicted octanol–water partition coefficient (Wildman–Crippen LogP) is -0.992. The highest BCUT2D eigenvalue weighted by Crippen LogP contribution is 2.09. The predicted molar refractivity (Wildman–Crippen MR) is 88.7 cm³/mol. The van der Waals surface area contributed by atoms with Gasteiger partial charge in [0.25, 0.3) is 0 Å². The molecule has 0 unspecified atom stereocenters. The molecule has 1 aromatic heterocycles. The zero-order valence-electron chi connectivity index (χ0n) is 12.9. The van der Waals surface area contributed by atoms with E-state index in [1.165, 1.54) is 4.90 Å². The third kappa shape index (κ3) is 5.09. The Morgan fingerprint density at radius 3 is 2.52 bits per heavy atom. The third-order valence-corrected chi connectivity index (χ3v) is 3.93. The average Bonchev–Trinajstić information content (AvgIpc) is 2.52. The minimum atomic E-state index is 0.810. The zero-order valence-corrected chi connectivity index (χ0v) is 13.7. The molecule has 2 rings (SSSR count). The molecular formula is C14H25N6S+. The maximum absolute atomic E-state index is 5.47. The fourth-order valence-corrected chi connectivity index (χ4v) is 2.60. The SMILES string of the molecule is C[NH+](C)CCCNC(=S)N1CCN(c2ncccn2)CC1. The molecule has 1 fully saturated rings. The van der Waals surface area contributed by atoms with Crippen molar-refractivity contribution in [1.82, 2.24) is 20.2 Å². The second kappa shape index (κ2) is 8.09. The van der Waals surface area contributed by atoms with Gasteiger partial charge < -0.3 is 20.0 Å². The Labute approximate surface area is 132 Å². The molecule has 2 heterocycles. The van der Waals surface area contributed by atoms with Crippen molar-refractivity contribution in [2.75, 3.05) is 58.3 Å². The molecule has 21 heavy (non-hydrogen) atoms. The minimum absolute atomic E-state index is 0.810. The number of nitrogens with zero attached hydrogens (tertiary/aromatic N) is 4. The molecule has 1 aliphatic rings. The Balaban J connectivity index is 1.70. The molecular weight excluding hydrogens is 284 g/mol. The van der Waals surface area contributed by atoms with Crippen molar-refractivity contribution in [1.29, 1.82) is 0 Å². The van der Waals surface area contributed by atoms with Crippen molar-refractivity contribution < 1.29 is 4.90 Å². The highest BCUT2D eigenvalue weighted by Gasteiger charge is 2.20. The first kappa shape index (κ1) is 15.9. The van der Waals surface area contributed by atoms with E-state index in [4.69, 9.17) is 12.2 Å². The van der Waals surface area contributed by atoms with Crippen LogP contribution in [-0.2, 0) is 0 Å². The van der Waals surface area contributed by atoms with Gasteiger partial charge in [0, 0.05) is 51.5 Å². The molecule has 1 saturated heterocycles. The van der Waals surface area contributed by atoms with E-state index in [9.17, 15) is 0 Å². The summed E-state index contributed by atoms with van der Waals surface area (Å²) in [5, 5.41) is 4.23. The molecule has 0 atom stereocenters. The number of rotatable bonds is 5. The van der Waals surface area contributed by atoms with Crippen molar-refractivity contribution in [3.05, 3.63) is 18.5 Å². The number of quaternary nitrogens is 1. The summed E-state index contributed by atoms with van der Waals surface area (Å²) in [5.41, 5.74) is 0. The zero-order chi connectivity index (χ0) is 15.1. The number of hydrogen-bond donors (Lipinski definition) is 2. The van der Waals surface area contributed by atoms with Crippen LogP contribution in [0.15, 0.2) is 18.5 Å². The molecule has 0 bridgehead atoms. The number of aromatic nitrogens is 2. The summed E-state index contributed by atoms with van der Waals surface area (Å²) in [5.74, 6) is 0.810. The molecule has 1 aromatic rings. The monoisotopic (exact) mass is 309 g/mol. The molecule has 6 nitrogen and oxygen atoms in total. The summed E-state index contributed by atoms with van der Waals surface area (Å²) in [6.45, 7) is 5.77. The minimum Gasteiger partial charge on any atom is -0.362 e. The summed E-state index contributed by atoms with van der Waals surface area (Å²) in [7, 11) is 4.34. The molecule has 0 spiro atoms. The van der Waals surface area contributed by atoms with Crippen LogP contribution in [0.3, 0.4) is 0 Å². The number of anilines is 1. The molecule has 1 aliphatic heterocycles. The average molecular weight is 309 g/mol. The van der Waals surface area contributed by atoms with Gasteiger partial charge in [0.15, 0.2) is 5.11 Å². The maximum Gasteiger partial charge on any atom is 0.225 e. The Morgan fingerprint density at radius 1 is 1.24 bits per heavy atom. The van der Waals surface area contributed by atoms with Gasteiger partial charge in [-0.25, -0.2) is 9.97 Å². The number of nitrogens with one attached hydrogen (secondary N) is 2. The van der Waals surface area contributed by atoms with Crippen molar-refractivity contribution in [3.63, 3.8) is 0 Å². The first-order valence-corrected chi connectivity index (χ1v) is 7.91. The van der Waals surface area contributed by atoms with Crippen molar-refractivity contribution in [3.8, 4) is 0 Å². The third-order valence-electron chi connectivity index (χ3n) is 3.53. The van der Waals surface area contributed by atoms with E-state index in [0.29, 0.717) is 0 Å². The molecule has 116 valence electrons. The number of hydrogen-bond acceptors (Lipinski definition) is 4. The molecule has 0 amide bonds. The summed E-state index contributed by atoms with van der Waals surface area (Å²) >= 11 is 5.47. The molecule has 0 radical (unpaired) electrons. The Hall–Kier alpha value is -1.47. The van der Waals surface area contributed by atoms with E-state index in [2.05, 4.69) is 39.2 Å². The van der Waals surface area contributed by atoms with E-state index >= 15 is 0 Å². The Morgan fingerprint density at radius 2 is 1.90 bits per heavy atom. The summed E-state index contributed by atoms with van der Waals surface area (Å²) < 4.78 is 0. The summed E-state index contributed by atoms with van der Waals surface area (Å²) in [4.78, 5) is 14.5. The van der Waals surface area contributed by atoms with Gasteiger partial charge in [-0.3, -0.25) is 0 Å². The van der Waals surface area contributed by atoms with Gasteiger partial charge in [0.1, 0.15) is 0 Å². The number of piperazine rings is 1. The van der Waals surface area contributed by atoms with Crippen LogP contribution in [0, 0.1) is 0 Å². The lowest BCUT2D eigenvalue weighted by molar-refractivity contribution is -0.858. The van der Waals surface area contributed by atoms with Gasteiger partial charge in [0.05, 0.1) is 20.6 Å². The molecule has 2 N–H and O–H groups in total. The molecule has 0 aliphatic carbocycles. The van der Waals surface area contributed by atoms with Crippen LogP contribution < -0.4 is 15.1 Å². The van der Waals surface area contributed by atoms with Crippen LogP contribution in [0.5, 0.6) is 0 Å². The quantitative estimate of drug-likeness (QED) is 0.538. The highest BCUT2D eigenvalue weighted by molar-refractivity contribution is 7.80. The summed E-state index contributed by atoms with van der Waals surface area (Å²) in [6, 6.07) is 1.84. The van der Waals surface area contributed by atoms with Crippen LogP contribution in [-0.4, -0.2) is 73.3 Å². The first-order chi connectivity index (χ1) is 10.2. The van der Waals surface area contributed by atoms with E-state index in [1.54, 1.807) is 12.4 Å². The van der Waals surface area contributed by atoms with Crippen molar-refractivity contribution in [2.45, 2.75) is 6.42 Å². The normalized spacial score (nSPS) is 15.4. The van der Waals surface area contributed by atoms with E-state index < -0.39 is 0 Å². The van der Waals surface area contributed by atoms with E-state index in [0.717, 1.165) is 56.8 Å². The summed E-state index contributed by atoms with van der Waals surface area (Å²) in [6.07, 6.45) is 4.71. The van der Waals surface area contributed by atoms with Gasteiger partial charge in [-0.2, -0.15) is 0 Å². The second-order valence-corrected chi connectivity index (χ2v) is 5.95. The second-order valence-electron chi connectivity index (χ2n) is 5.57. The van der Waals surface area contributed by atoms with Crippen LogP contribution in [0.2, 0.25) is 0 Å². The number of thiocarbonyl (C=S) groups is 1. The van der Waals surface area contributed by atoms with Gasteiger partial charge in [0.2, 0.25) is 5.95 Å². The Kier molecular flexibility index (Phi) is 6.13. The van der Waals surface area contributed by atoms with Crippen molar-refractivity contribution in [2.24, 2.45) is 0 Å². The maximum atomic E-state index is 5.47. The smallest absolute Gasteiger partial charge is 0.225 e. The van der Waals surface area contributed by atoms with E-state index in [-0.39, 0.29) is 0 Å². The largest absolute Gasteiger partial charge is 0.362 e. The van der Waals surface area contributed by atoms with Gasteiger partial charge >= 0.3 is 0 Å². The lowest BCUT2D eigenvalue weighted by atomic mass is 10.3. The van der Waals surface area contributed by atoms with Gasteiger partial charge in [-0.1, -0.05) is 0 Å². The van der Waals surface area contributed by atoms with Crippen molar-refractivity contribution >= 4 is 23.3 Å². The van der Waals surface area contributed by atoms with E-state index in [1.807, 2.05) is 6.07 Å². The molecule has 0 aromatic carbocycles. The molecule has 7 heteroatoms. The fraction of sp³-hybridized carbons (Fsp3) is 0.643. The lowest BCUT2D eigenvalue weighted by Gasteiger charge is -2.36. The van der Waals surface area contributed by atoms with Crippen LogP contribution >= 0.6 is 12.2 Å². The van der Waals surface area contributed by atoms with Gasteiger partial charge in [-0.15, -0.1) is 0 Å². The fourth-order valence-electron chi connectivity index (χ4n) is 2.31. The van der Waals surface area contributed by atoms with Gasteiger partial charge in [-0.05, 0) is 18.3 Å². The van der Waals surface area contributed by atoms with Crippen LogP contribution in [0.4, 0.5) is 5.95 Å². The topological polar surface area (TPSA) is 48.7 Å². The Bertz CT molecular complexity index is 430. The van der Waals surface area contributed by atoms with Crippen LogP contribution in [0.25, 0.3) is 0 Å². The van der Waals surface area contributed by atoms with Crippen LogP contribution in [0.1, 0.15) is 6.42 Å². The molecule has 0 saturated carbocycles.